The van der Waals surface area contributed by atoms with Gasteiger partial charge in [0.05, 0.1) is 11.6 Å². The van der Waals surface area contributed by atoms with Crippen molar-refractivity contribution in [3.8, 4) is 6.07 Å². The van der Waals surface area contributed by atoms with E-state index in [9.17, 15) is 28.7 Å². The third-order valence-corrected chi connectivity index (χ3v) is 6.26. The van der Waals surface area contributed by atoms with Gasteiger partial charge in [0.2, 0.25) is 0 Å². The Morgan fingerprint density at radius 3 is 2.63 bits per heavy atom. The average Bonchev–Trinajstić information content (AvgIpc) is 2.80. The number of aromatic carboxylic acids is 1. The van der Waals surface area contributed by atoms with Crippen LogP contribution in [-0.4, -0.2) is 39.5 Å². The Balaban J connectivity index is 1.83. The number of carboxylic acids is 1. The molecule has 0 saturated carbocycles. The molecule has 182 valence electrons. The van der Waals surface area contributed by atoms with Crippen LogP contribution in [0.15, 0.2) is 35.3 Å². The number of carbonyl (C=O) groups is 1. The number of aromatic nitrogens is 2. The number of piperidine rings is 1. The van der Waals surface area contributed by atoms with Crippen molar-refractivity contribution in [2.75, 3.05) is 23.3 Å². The molecule has 11 heteroatoms. The van der Waals surface area contributed by atoms with Gasteiger partial charge in [0.15, 0.2) is 11.4 Å². The third kappa shape index (κ3) is 4.77. The molecule has 1 atom stereocenters. The smallest absolute Gasteiger partial charge is 0.337 e. The number of fused-ring (bicyclic) bond motifs is 1. The summed E-state index contributed by atoms with van der Waals surface area (Å²) in [6.45, 7) is 3.48. The normalized spacial score (nSPS) is 16.1. The van der Waals surface area contributed by atoms with Crippen LogP contribution >= 0.6 is 11.6 Å². The van der Waals surface area contributed by atoms with Crippen LogP contribution in [0, 0.1) is 18.3 Å². The average molecular weight is 502 g/mol. The zero-order valence-electron chi connectivity index (χ0n) is 19.0. The number of nitrogens with one attached hydrogen (secondary N) is 1. The number of rotatable bonds is 5. The highest BCUT2D eigenvalue weighted by atomic mass is 35.5. The first kappa shape index (κ1) is 24.4. The van der Waals surface area contributed by atoms with Crippen LogP contribution in [0.5, 0.6) is 0 Å². The Morgan fingerprint density at radius 1 is 1.31 bits per heavy atom. The minimum absolute atomic E-state index is 0.0202. The van der Waals surface area contributed by atoms with Crippen LogP contribution in [0.4, 0.5) is 20.3 Å². The molecule has 0 radical (unpaired) electrons. The monoisotopic (exact) mass is 501 g/mol. The summed E-state index contributed by atoms with van der Waals surface area (Å²) in [6, 6.07) is 7.62. The van der Waals surface area contributed by atoms with Crippen LogP contribution < -0.4 is 15.8 Å². The van der Waals surface area contributed by atoms with E-state index in [2.05, 4.69) is 10.3 Å². The minimum atomic E-state index is -2.80. The number of benzene rings is 1. The van der Waals surface area contributed by atoms with E-state index in [4.69, 9.17) is 11.6 Å². The summed E-state index contributed by atoms with van der Waals surface area (Å²) in [6.07, 6.45) is 0.763. The molecule has 3 heterocycles. The molecule has 0 unspecified atom stereocenters. The summed E-state index contributed by atoms with van der Waals surface area (Å²) in [7, 11) is 0. The number of anilines is 2. The molecule has 1 aliphatic rings. The van der Waals surface area contributed by atoms with Gasteiger partial charge in [0.25, 0.3) is 11.5 Å². The summed E-state index contributed by atoms with van der Waals surface area (Å²) >= 11 is 5.95. The van der Waals surface area contributed by atoms with Gasteiger partial charge in [-0.15, -0.1) is 0 Å². The summed E-state index contributed by atoms with van der Waals surface area (Å²) in [5.41, 5.74) is 1.03. The second kappa shape index (κ2) is 9.15. The zero-order valence-corrected chi connectivity index (χ0v) is 19.7. The van der Waals surface area contributed by atoms with Crippen molar-refractivity contribution < 1.29 is 18.7 Å². The number of carboxylic acid groups (broad SMARTS) is 1. The van der Waals surface area contributed by atoms with Crippen molar-refractivity contribution in [1.82, 2.24) is 9.38 Å². The SMILES string of the molecule is Cc1cc([C@@H](C)Nc2ccc(Cl)cc2C(=O)O)c2nc(N3CCC(F)(F)CC3)c(C#N)c(=O)n2c1. The summed E-state index contributed by atoms with van der Waals surface area (Å²) in [4.78, 5) is 31.1. The maximum atomic E-state index is 13.7. The quantitative estimate of drug-likeness (QED) is 0.524. The maximum Gasteiger partial charge on any atom is 0.337 e. The predicted molar refractivity (Wildman–Crippen MR) is 128 cm³/mol. The number of nitriles is 1. The minimum Gasteiger partial charge on any atom is -0.478 e. The number of halogens is 3. The Morgan fingerprint density at radius 2 is 2.00 bits per heavy atom. The highest BCUT2D eigenvalue weighted by Crippen LogP contribution is 2.32. The van der Waals surface area contributed by atoms with Gasteiger partial charge in [-0.05, 0) is 43.7 Å². The van der Waals surface area contributed by atoms with E-state index >= 15 is 0 Å². The number of nitrogens with zero attached hydrogens (tertiary/aromatic N) is 4. The van der Waals surface area contributed by atoms with E-state index in [1.807, 2.05) is 6.07 Å². The van der Waals surface area contributed by atoms with Crippen molar-refractivity contribution in [3.63, 3.8) is 0 Å². The molecule has 0 spiro atoms. The third-order valence-electron chi connectivity index (χ3n) is 6.03. The lowest BCUT2D eigenvalue weighted by atomic mass is 10.0. The van der Waals surface area contributed by atoms with Gasteiger partial charge in [-0.1, -0.05) is 11.6 Å². The van der Waals surface area contributed by atoms with Gasteiger partial charge in [0.1, 0.15) is 11.7 Å². The predicted octanol–water partition coefficient (Wildman–Crippen LogP) is 4.63. The van der Waals surface area contributed by atoms with Crippen molar-refractivity contribution in [1.29, 1.82) is 5.26 Å². The van der Waals surface area contributed by atoms with Gasteiger partial charge in [0, 0.05) is 48.4 Å². The Kier molecular flexibility index (Phi) is 6.38. The molecule has 1 saturated heterocycles. The molecule has 8 nitrogen and oxygen atoms in total. The first-order valence-corrected chi connectivity index (χ1v) is 11.3. The zero-order chi connectivity index (χ0) is 25.5. The first-order valence-electron chi connectivity index (χ1n) is 10.9. The van der Waals surface area contributed by atoms with E-state index < -0.39 is 36.3 Å². The number of hydrogen-bond acceptors (Lipinski definition) is 6. The van der Waals surface area contributed by atoms with Gasteiger partial charge in [-0.3, -0.25) is 9.20 Å². The van der Waals surface area contributed by atoms with Gasteiger partial charge >= 0.3 is 5.97 Å². The van der Waals surface area contributed by atoms with E-state index in [1.165, 1.54) is 10.5 Å². The molecule has 1 aromatic carbocycles. The lowest BCUT2D eigenvalue weighted by Crippen LogP contribution is -2.41. The maximum absolute atomic E-state index is 13.7. The van der Waals surface area contributed by atoms with Crippen molar-refractivity contribution in [3.05, 3.63) is 68.1 Å². The summed E-state index contributed by atoms with van der Waals surface area (Å²) < 4.78 is 28.7. The van der Waals surface area contributed by atoms with Gasteiger partial charge in [-0.25, -0.2) is 18.6 Å². The largest absolute Gasteiger partial charge is 0.478 e. The van der Waals surface area contributed by atoms with Crippen LogP contribution in [0.1, 0.15) is 52.9 Å². The van der Waals surface area contributed by atoms with Crippen LogP contribution in [0.2, 0.25) is 5.02 Å². The molecule has 0 bridgehead atoms. The standard InChI is InChI=1S/C24H22ClF2N5O3/c1-13-9-16(14(2)29-19-4-3-15(25)10-17(19)23(34)35)21-30-20(18(11-28)22(33)32(21)12-13)31-7-5-24(26,27)6-8-31/h3-4,9-10,12,14,29H,5-8H2,1-2H3,(H,34,35)/t14-/m1/s1. The lowest BCUT2D eigenvalue weighted by molar-refractivity contribution is -0.0221. The topological polar surface area (TPSA) is 111 Å². The fourth-order valence-electron chi connectivity index (χ4n) is 4.22. The van der Waals surface area contributed by atoms with E-state index in [0.717, 1.165) is 0 Å². The molecule has 3 aromatic rings. The summed E-state index contributed by atoms with van der Waals surface area (Å²) in [5.74, 6) is -3.88. The van der Waals surface area contributed by atoms with E-state index in [1.54, 1.807) is 43.1 Å². The first-order chi connectivity index (χ1) is 16.5. The molecular formula is C24H22ClF2N5O3. The molecule has 0 amide bonds. The van der Waals surface area contributed by atoms with Crippen LogP contribution in [0.25, 0.3) is 5.65 Å². The molecular weight excluding hydrogens is 480 g/mol. The highest BCUT2D eigenvalue weighted by Gasteiger charge is 2.35. The van der Waals surface area contributed by atoms with Crippen molar-refractivity contribution in [2.45, 2.75) is 38.7 Å². The molecule has 35 heavy (non-hydrogen) atoms. The van der Waals surface area contributed by atoms with Crippen molar-refractivity contribution in [2.24, 2.45) is 0 Å². The van der Waals surface area contributed by atoms with E-state index in [-0.39, 0.29) is 40.7 Å². The molecule has 2 aromatic heterocycles. The Bertz CT molecular complexity index is 1420. The molecule has 1 aliphatic heterocycles. The highest BCUT2D eigenvalue weighted by molar-refractivity contribution is 6.31. The van der Waals surface area contributed by atoms with Crippen LogP contribution in [0.3, 0.4) is 0 Å². The fraction of sp³-hybridized carbons (Fsp3) is 0.333. The molecule has 2 N–H and O–H groups in total. The summed E-state index contributed by atoms with van der Waals surface area (Å²) in [5, 5.41) is 22.7. The Labute approximate surface area is 204 Å². The van der Waals surface area contributed by atoms with Gasteiger partial charge < -0.3 is 15.3 Å². The van der Waals surface area contributed by atoms with Gasteiger partial charge in [-0.2, -0.15) is 5.26 Å². The fourth-order valence-corrected chi connectivity index (χ4v) is 4.39. The molecule has 0 aliphatic carbocycles. The number of pyridine rings is 1. The van der Waals surface area contributed by atoms with Crippen molar-refractivity contribution >= 4 is 34.7 Å². The Hall–Kier alpha value is -3.71. The lowest BCUT2D eigenvalue weighted by Gasteiger charge is -2.33. The second-order valence-corrected chi connectivity index (χ2v) is 9.03. The second-order valence-electron chi connectivity index (χ2n) is 8.60. The molecule has 1 fully saturated rings. The number of alkyl halides is 2. The van der Waals surface area contributed by atoms with Crippen LogP contribution in [-0.2, 0) is 0 Å². The number of hydrogen-bond donors (Lipinski definition) is 2. The van der Waals surface area contributed by atoms with E-state index in [0.29, 0.717) is 16.8 Å². The number of aryl methyl sites for hydroxylation is 1. The molecule has 4 rings (SSSR count).